The highest BCUT2D eigenvalue weighted by atomic mass is 32.1. The minimum absolute atomic E-state index is 0.319. The molecule has 0 saturated carbocycles. The van der Waals surface area contributed by atoms with E-state index < -0.39 is 5.97 Å². The zero-order chi connectivity index (χ0) is 17.6. The molecule has 0 aliphatic carbocycles. The van der Waals surface area contributed by atoms with E-state index in [1.807, 2.05) is 37.3 Å². The van der Waals surface area contributed by atoms with Crippen LogP contribution in [-0.4, -0.2) is 27.9 Å². The van der Waals surface area contributed by atoms with Gasteiger partial charge in [0.15, 0.2) is 11.6 Å². The molecule has 2 aromatic carbocycles. The van der Waals surface area contributed by atoms with Gasteiger partial charge in [0.1, 0.15) is 23.1 Å². The Labute approximate surface area is 148 Å². The Bertz CT molecular complexity index is 865. The van der Waals surface area contributed by atoms with E-state index in [0.29, 0.717) is 18.1 Å². The Morgan fingerprint density at radius 2 is 1.92 bits per heavy atom. The Kier molecular flexibility index (Phi) is 5.25. The van der Waals surface area contributed by atoms with Crippen LogP contribution in [0.1, 0.15) is 10.6 Å². The van der Waals surface area contributed by atoms with Gasteiger partial charge in [-0.25, -0.2) is 4.79 Å². The van der Waals surface area contributed by atoms with E-state index in [0.717, 1.165) is 21.1 Å². The molecule has 0 radical (unpaired) electrons. The molecule has 0 unspecified atom stereocenters. The third-order valence-corrected chi connectivity index (χ3v) is 4.29. The summed E-state index contributed by atoms with van der Waals surface area (Å²) in [7, 11) is 0. The first-order valence-electron chi connectivity index (χ1n) is 7.57. The summed E-state index contributed by atoms with van der Waals surface area (Å²) in [5.74, 6) is 0.180. The van der Waals surface area contributed by atoms with E-state index in [4.69, 9.17) is 14.6 Å². The second-order valence-corrected chi connectivity index (χ2v) is 6.33. The topological polar surface area (TPSA) is 81.5 Å². The maximum absolute atomic E-state index is 10.6. The van der Waals surface area contributed by atoms with Crippen LogP contribution in [0.3, 0.4) is 0 Å². The predicted octanol–water partition coefficient (Wildman–Crippen LogP) is 3.56. The largest absolute Gasteiger partial charge is 0.486 e. The molecule has 0 spiro atoms. The maximum Gasteiger partial charge on any atom is 0.341 e. The van der Waals surface area contributed by atoms with Crippen molar-refractivity contribution in [3.05, 3.63) is 59.1 Å². The summed E-state index contributed by atoms with van der Waals surface area (Å²) >= 11 is 1.49. The molecule has 128 valence electrons. The summed E-state index contributed by atoms with van der Waals surface area (Å²) in [6.45, 7) is 1.79. The lowest BCUT2D eigenvalue weighted by atomic mass is 10.2. The number of hydrogen-bond donors (Lipinski definition) is 1. The lowest BCUT2D eigenvalue weighted by Crippen LogP contribution is -2.10. The van der Waals surface area contributed by atoms with E-state index in [2.05, 4.69) is 10.2 Å². The minimum atomic E-state index is -1.01. The van der Waals surface area contributed by atoms with Gasteiger partial charge in [-0.05, 0) is 30.7 Å². The molecule has 0 fully saturated rings. The molecule has 25 heavy (non-hydrogen) atoms. The zero-order valence-corrected chi connectivity index (χ0v) is 14.3. The highest BCUT2D eigenvalue weighted by Crippen LogP contribution is 2.26. The number of aryl methyl sites for hydroxylation is 1. The summed E-state index contributed by atoms with van der Waals surface area (Å²) in [6.07, 6.45) is 0. The van der Waals surface area contributed by atoms with E-state index in [1.165, 1.54) is 11.3 Å². The van der Waals surface area contributed by atoms with Gasteiger partial charge in [-0.15, -0.1) is 10.2 Å². The molecular formula is C18H16N2O4S. The van der Waals surface area contributed by atoms with Gasteiger partial charge in [-0.2, -0.15) is 0 Å². The third-order valence-electron chi connectivity index (χ3n) is 3.35. The van der Waals surface area contributed by atoms with E-state index in [1.54, 1.807) is 18.2 Å². The second-order valence-electron chi connectivity index (χ2n) is 5.27. The number of carboxylic acid groups (broad SMARTS) is 1. The first kappa shape index (κ1) is 16.9. The van der Waals surface area contributed by atoms with Crippen molar-refractivity contribution in [1.29, 1.82) is 0 Å². The zero-order valence-electron chi connectivity index (χ0n) is 13.5. The monoisotopic (exact) mass is 356 g/mol. The standard InChI is InChI=1S/C18H16N2O4S/c1-12-9-14(7-8-15(12)24-11-17(21)22)23-10-16-19-20-18(25-16)13-5-3-2-4-6-13/h2-9H,10-11H2,1H3,(H,21,22). The smallest absolute Gasteiger partial charge is 0.341 e. The van der Waals surface area contributed by atoms with E-state index >= 15 is 0 Å². The molecule has 1 aromatic heterocycles. The number of benzene rings is 2. The van der Waals surface area contributed by atoms with Crippen molar-refractivity contribution < 1.29 is 19.4 Å². The quantitative estimate of drug-likeness (QED) is 0.697. The van der Waals surface area contributed by atoms with Crippen LogP contribution in [0.2, 0.25) is 0 Å². The fourth-order valence-corrected chi connectivity index (χ4v) is 2.93. The van der Waals surface area contributed by atoms with Gasteiger partial charge < -0.3 is 14.6 Å². The van der Waals surface area contributed by atoms with Crippen LogP contribution in [0.5, 0.6) is 11.5 Å². The van der Waals surface area contributed by atoms with Crippen molar-refractivity contribution >= 4 is 17.3 Å². The Balaban J connectivity index is 1.61. The first-order valence-corrected chi connectivity index (χ1v) is 8.39. The summed E-state index contributed by atoms with van der Waals surface area (Å²) in [5, 5.41) is 18.6. The number of rotatable bonds is 7. The third kappa shape index (κ3) is 4.54. The lowest BCUT2D eigenvalue weighted by molar-refractivity contribution is -0.139. The van der Waals surface area contributed by atoms with Crippen LogP contribution in [-0.2, 0) is 11.4 Å². The van der Waals surface area contributed by atoms with Gasteiger partial charge in [0.25, 0.3) is 0 Å². The van der Waals surface area contributed by atoms with Crippen molar-refractivity contribution in [2.75, 3.05) is 6.61 Å². The van der Waals surface area contributed by atoms with Gasteiger partial charge in [0.05, 0.1) is 0 Å². The first-order chi connectivity index (χ1) is 12.1. The SMILES string of the molecule is Cc1cc(OCc2nnc(-c3ccccc3)s2)ccc1OCC(=O)O. The maximum atomic E-state index is 10.6. The predicted molar refractivity (Wildman–Crippen MR) is 94.0 cm³/mol. The summed E-state index contributed by atoms with van der Waals surface area (Å²) in [6, 6.07) is 15.1. The molecule has 0 atom stereocenters. The lowest BCUT2D eigenvalue weighted by Gasteiger charge is -2.09. The highest BCUT2D eigenvalue weighted by Gasteiger charge is 2.08. The molecular weight excluding hydrogens is 340 g/mol. The molecule has 0 aliphatic heterocycles. The number of ether oxygens (including phenoxy) is 2. The van der Waals surface area contributed by atoms with E-state index in [9.17, 15) is 4.79 Å². The summed E-state index contributed by atoms with van der Waals surface area (Å²) in [4.78, 5) is 10.6. The molecule has 6 nitrogen and oxygen atoms in total. The van der Waals surface area contributed by atoms with Crippen LogP contribution in [0, 0.1) is 6.92 Å². The van der Waals surface area contributed by atoms with E-state index in [-0.39, 0.29) is 6.61 Å². The highest BCUT2D eigenvalue weighted by molar-refractivity contribution is 7.14. The average molecular weight is 356 g/mol. The van der Waals surface area contributed by atoms with Crippen LogP contribution in [0.15, 0.2) is 48.5 Å². The Hall–Kier alpha value is -2.93. The molecule has 7 heteroatoms. The molecule has 0 aliphatic rings. The van der Waals surface area contributed by atoms with Crippen molar-refractivity contribution in [3.8, 4) is 22.1 Å². The summed E-state index contributed by atoms with van der Waals surface area (Å²) in [5.41, 5.74) is 1.84. The number of carbonyl (C=O) groups is 1. The molecule has 3 rings (SSSR count). The average Bonchev–Trinajstić information content (AvgIpc) is 3.09. The van der Waals surface area contributed by atoms with Gasteiger partial charge in [0.2, 0.25) is 0 Å². The Morgan fingerprint density at radius 1 is 1.12 bits per heavy atom. The van der Waals surface area contributed by atoms with Crippen LogP contribution < -0.4 is 9.47 Å². The van der Waals surface area contributed by atoms with Crippen LogP contribution in [0.4, 0.5) is 0 Å². The van der Waals surface area contributed by atoms with Crippen molar-refractivity contribution in [2.45, 2.75) is 13.5 Å². The van der Waals surface area contributed by atoms with Crippen molar-refractivity contribution in [3.63, 3.8) is 0 Å². The van der Waals surface area contributed by atoms with Gasteiger partial charge in [-0.3, -0.25) is 0 Å². The normalized spacial score (nSPS) is 10.4. The van der Waals surface area contributed by atoms with Crippen molar-refractivity contribution in [1.82, 2.24) is 10.2 Å². The fourth-order valence-electron chi connectivity index (χ4n) is 2.17. The molecule has 0 amide bonds. The second kappa shape index (κ2) is 7.76. The minimum Gasteiger partial charge on any atom is -0.486 e. The van der Waals surface area contributed by atoms with Gasteiger partial charge >= 0.3 is 5.97 Å². The summed E-state index contributed by atoms with van der Waals surface area (Å²) < 4.78 is 10.9. The molecule has 1 N–H and O–H groups in total. The Morgan fingerprint density at radius 3 is 2.64 bits per heavy atom. The molecule has 0 bridgehead atoms. The number of nitrogens with zero attached hydrogens (tertiary/aromatic N) is 2. The van der Waals surface area contributed by atoms with Crippen molar-refractivity contribution in [2.24, 2.45) is 0 Å². The van der Waals surface area contributed by atoms with Gasteiger partial charge in [-0.1, -0.05) is 41.7 Å². The van der Waals surface area contributed by atoms with Crippen LogP contribution in [0.25, 0.3) is 10.6 Å². The van der Waals surface area contributed by atoms with Crippen LogP contribution >= 0.6 is 11.3 Å². The molecule has 1 heterocycles. The molecule has 0 saturated heterocycles. The molecule has 3 aromatic rings. The fraction of sp³-hybridized carbons (Fsp3) is 0.167. The number of aromatic nitrogens is 2. The number of hydrogen-bond acceptors (Lipinski definition) is 6. The number of carboxylic acids is 1. The van der Waals surface area contributed by atoms with Gasteiger partial charge in [0, 0.05) is 5.56 Å². The number of aliphatic carboxylic acids is 1.